The number of carbonyl (C=O) groups excluding carboxylic acids is 1. The minimum Gasteiger partial charge on any atom is -0.494 e. The molecule has 0 bridgehead atoms. The quantitative estimate of drug-likeness (QED) is 0.319. The molecular weight excluding hydrogens is 396 g/mol. The van der Waals surface area contributed by atoms with E-state index in [4.69, 9.17) is 4.74 Å². The number of nitrogens with zero attached hydrogens (tertiary/aromatic N) is 4. The molecule has 0 spiro atoms. The Balaban J connectivity index is 1.72. The van der Waals surface area contributed by atoms with E-state index in [2.05, 4.69) is 20.5 Å². The number of hydrogen-bond acceptors (Lipinski definition) is 9. The van der Waals surface area contributed by atoms with Crippen molar-refractivity contribution >= 4 is 33.8 Å². The number of rotatable bonds is 6. The Labute approximate surface area is 170 Å². The van der Waals surface area contributed by atoms with Gasteiger partial charge in [0.1, 0.15) is 17.4 Å². The van der Waals surface area contributed by atoms with E-state index in [0.29, 0.717) is 5.13 Å². The Morgan fingerprint density at radius 2 is 2.31 bits per heavy atom. The number of amides is 1. The first-order valence-electron chi connectivity index (χ1n) is 8.59. The summed E-state index contributed by atoms with van der Waals surface area (Å²) in [5.41, 5.74) is 0.909. The summed E-state index contributed by atoms with van der Waals surface area (Å²) in [5.74, 6) is -0.553. The third kappa shape index (κ3) is 4.68. The molecule has 0 radical (unpaired) electrons. The average Bonchev–Trinajstić information content (AvgIpc) is 3.10. The predicted molar refractivity (Wildman–Crippen MR) is 108 cm³/mol. The second-order valence-corrected chi connectivity index (χ2v) is 7.37. The fourth-order valence-corrected chi connectivity index (χ4v) is 3.81. The number of hydrogen-bond donors (Lipinski definition) is 2. The number of fused-ring (bicyclic) bond motifs is 1. The summed E-state index contributed by atoms with van der Waals surface area (Å²) >= 11 is 1.48. The molecule has 0 saturated carbocycles. The Hall–Kier alpha value is -3.49. The molecule has 1 amide bonds. The number of anilines is 2. The molecule has 0 fully saturated rings. The molecule has 0 saturated heterocycles. The van der Waals surface area contributed by atoms with E-state index >= 15 is 0 Å². The first kappa shape index (κ1) is 20.2. The monoisotopic (exact) mass is 414 g/mol. The minimum atomic E-state index is -0.673. The minimum absolute atomic E-state index is 0.120. The topological polar surface area (TPSA) is 133 Å². The lowest BCUT2D eigenvalue weighted by Gasteiger charge is -2.20. The number of ether oxygens (including phenoxy) is 1. The standard InChI is InChI=1S/C18H18N6O4S/c1-23-6-5-14-16(10-23)29-18(22-14)20-9-11(8-19)17(25)21-13-4-3-12(24(26)27)7-15(13)28-2/h3-4,7,9H,5-6,10H2,1-2H3,(H,20,22)(H,21,25)/b11-9-. The maximum Gasteiger partial charge on any atom is 0.273 e. The molecule has 2 aromatic rings. The lowest BCUT2D eigenvalue weighted by molar-refractivity contribution is -0.384. The number of nitrogens with one attached hydrogen (secondary N) is 2. The first-order valence-corrected chi connectivity index (χ1v) is 9.40. The third-order valence-electron chi connectivity index (χ3n) is 4.27. The van der Waals surface area contributed by atoms with Crippen LogP contribution < -0.4 is 15.4 Å². The van der Waals surface area contributed by atoms with Gasteiger partial charge in [0.15, 0.2) is 5.13 Å². The van der Waals surface area contributed by atoms with E-state index in [1.54, 1.807) is 0 Å². The van der Waals surface area contributed by atoms with Crippen molar-refractivity contribution in [2.75, 3.05) is 31.3 Å². The van der Waals surface area contributed by atoms with Gasteiger partial charge in [0.25, 0.3) is 11.6 Å². The fourth-order valence-electron chi connectivity index (χ4n) is 2.75. The van der Waals surface area contributed by atoms with Crippen molar-refractivity contribution in [3.63, 3.8) is 0 Å². The summed E-state index contributed by atoms with van der Waals surface area (Å²) in [6.45, 7) is 1.76. The van der Waals surface area contributed by atoms with Crippen LogP contribution in [0.25, 0.3) is 0 Å². The highest BCUT2D eigenvalue weighted by atomic mass is 32.1. The molecule has 0 unspecified atom stereocenters. The zero-order chi connectivity index (χ0) is 21.0. The largest absolute Gasteiger partial charge is 0.494 e. The number of thiazole rings is 1. The van der Waals surface area contributed by atoms with Crippen LogP contribution in [-0.4, -0.2) is 41.4 Å². The van der Waals surface area contributed by atoms with Gasteiger partial charge in [0.2, 0.25) is 0 Å². The van der Waals surface area contributed by atoms with E-state index in [-0.39, 0.29) is 22.7 Å². The Morgan fingerprint density at radius 3 is 3.00 bits per heavy atom. The van der Waals surface area contributed by atoms with Gasteiger partial charge < -0.3 is 20.3 Å². The number of likely N-dealkylation sites (N-methyl/N-ethyl adjacent to an activating group) is 1. The van der Waals surface area contributed by atoms with Crippen molar-refractivity contribution in [3.8, 4) is 11.8 Å². The number of methoxy groups -OCH3 is 1. The highest BCUT2D eigenvalue weighted by Crippen LogP contribution is 2.30. The fraction of sp³-hybridized carbons (Fsp3) is 0.278. The smallest absolute Gasteiger partial charge is 0.273 e. The van der Waals surface area contributed by atoms with Crippen LogP contribution in [0.4, 0.5) is 16.5 Å². The number of aromatic nitrogens is 1. The Kier molecular flexibility index (Phi) is 6.06. The molecule has 2 heterocycles. The van der Waals surface area contributed by atoms with Gasteiger partial charge in [0.05, 0.1) is 29.5 Å². The Morgan fingerprint density at radius 1 is 1.52 bits per heavy atom. The number of non-ortho nitro benzene ring substituents is 1. The van der Waals surface area contributed by atoms with Gasteiger partial charge in [-0.15, -0.1) is 11.3 Å². The lowest BCUT2D eigenvalue weighted by Crippen LogP contribution is -2.25. The summed E-state index contributed by atoms with van der Waals surface area (Å²) in [4.78, 5) is 30.6. The zero-order valence-electron chi connectivity index (χ0n) is 15.8. The summed E-state index contributed by atoms with van der Waals surface area (Å²) in [7, 11) is 3.37. The van der Waals surface area contributed by atoms with E-state index in [1.165, 1.54) is 42.8 Å². The van der Waals surface area contributed by atoms with Gasteiger partial charge in [-0.05, 0) is 13.1 Å². The van der Waals surface area contributed by atoms with E-state index < -0.39 is 10.8 Å². The second-order valence-electron chi connectivity index (χ2n) is 6.29. The van der Waals surface area contributed by atoms with Gasteiger partial charge in [-0.2, -0.15) is 5.26 Å². The molecule has 150 valence electrons. The summed E-state index contributed by atoms with van der Waals surface area (Å²) in [6, 6.07) is 5.62. The predicted octanol–water partition coefficient (Wildman–Crippen LogP) is 2.51. The average molecular weight is 414 g/mol. The first-order chi connectivity index (χ1) is 13.9. The highest BCUT2D eigenvalue weighted by molar-refractivity contribution is 7.15. The van der Waals surface area contributed by atoms with Crippen molar-refractivity contribution in [1.82, 2.24) is 9.88 Å². The van der Waals surface area contributed by atoms with Gasteiger partial charge >= 0.3 is 0 Å². The molecule has 11 heteroatoms. The van der Waals surface area contributed by atoms with E-state index in [0.717, 1.165) is 30.1 Å². The van der Waals surface area contributed by atoms with E-state index in [1.807, 2.05) is 13.1 Å². The molecule has 29 heavy (non-hydrogen) atoms. The molecule has 1 aliphatic heterocycles. The van der Waals surface area contributed by atoms with Gasteiger partial charge in [0, 0.05) is 36.7 Å². The number of nitriles is 1. The summed E-state index contributed by atoms with van der Waals surface area (Å²) in [6.07, 6.45) is 2.15. The second kappa shape index (κ2) is 8.68. The van der Waals surface area contributed by atoms with Crippen LogP contribution in [0.5, 0.6) is 5.75 Å². The summed E-state index contributed by atoms with van der Waals surface area (Å²) < 4.78 is 5.09. The van der Waals surface area contributed by atoms with Crippen molar-refractivity contribution in [1.29, 1.82) is 5.26 Å². The molecule has 3 rings (SSSR count). The maximum atomic E-state index is 12.4. The highest BCUT2D eigenvalue weighted by Gasteiger charge is 2.19. The molecule has 0 atom stereocenters. The lowest BCUT2D eigenvalue weighted by atomic mass is 10.2. The third-order valence-corrected chi connectivity index (χ3v) is 5.28. The normalized spacial score (nSPS) is 13.9. The Bertz CT molecular complexity index is 1030. The maximum absolute atomic E-state index is 12.4. The van der Waals surface area contributed by atoms with Crippen LogP contribution in [0, 0.1) is 21.4 Å². The number of nitro benzene ring substituents is 1. The van der Waals surface area contributed by atoms with Crippen LogP contribution in [0.3, 0.4) is 0 Å². The zero-order valence-corrected chi connectivity index (χ0v) is 16.6. The molecule has 1 aromatic heterocycles. The van der Waals surface area contributed by atoms with Gasteiger partial charge in [-0.3, -0.25) is 14.9 Å². The van der Waals surface area contributed by atoms with Crippen LogP contribution in [0.1, 0.15) is 10.6 Å². The molecule has 1 aliphatic rings. The van der Waals surface area contributed by atoms with Crippen molar-refractivity contribution in [2.45, 2.75) is 13.0 Å². The van der Waals surface area contributed by atoms with Crippen LogP contribution in [0.15, 0.2) is 30.0 Å². The molecule has 1 aromatic carbocycles. The SMILES string of the molecule is COc1cc([N+](=O)[O-])ccc1NC(=O)/C(C#N)=C\Nc1nc2c(s1)CN(C)CC2. The summed E-state index contributed by atoms with van der Waals surface area (Å²) in [5, 5.41) is 26.2. The number of carbonyl (C=O) groups is 1. The van der Waals surface area contributed by atoms with Gasteiger partial charge in [-0.1, -0.05) is 0 Å². The molecular formula is C18H18N6O4S. The van der Waals surface area contributed by atoms with Crippen molar-refractivity contribution < 1.29 is 14.5 Å². The molecule has 10 nitrogen and oxygen atoms in total. The number of benzene rings is 1. The van der Waals surface area contributed by atoms with E-state index in [9.17, 15) is 20.2 Å². The van der Waals surface area contributed by atoms with Crippen LogP contribution >= 0.6 is 11.3 Å². The number of nitro groups is 1. The molecule has 2 N–H and O–H groups in total. The van der Waals surface area contributed by atoms with Crippen LogP contribution in [-0.2, 0) is 17.8 Å². The van der Waals surface area contributed by atoms with Crippen LogP contribution in [0.2, 0.25) is 0 Å². The van der Waals surface area contributed by atoms with Crippen molar-refractivity contribution in [3.05, 3.63) is 50.7 Å². The molecule has 0 aliphatic carbocycles. The van der Waals surface area contributed by atoms with Crippen molar-refractivity contribution in [2.24, 2.45) is 0 Å². The van der Waals surface area contributed by atoms with Gasteiger partial charge in [-0.25, -0.2) is 4.98 Å².